The highest BCUT2D eigenvalue weighted by molar-refractivity contribution is 5.77. The van der Waals surface area contributed by atoms with Crippen molar-refractivity contribution >= 4 is 35.8 Å². The van der Waals surface area contributed by atoms with Crippen molar-refractivity contribution in [3.8, 4) is 34.5 Å². The average Bonchev–Trinajstić information content (AvgIpc) is 0.880. The topological polar surface area (TPSA) is 256 Å². The van der Waals surface area contributed by atoms with E-state index < -0.39 is 74.0 Å². The number of hydrogen-bond acceptors (Lipinski definition) is 18. The van der Waals surface area contributed by atoms with Crippen molar-refractivity contribution in [1.82, 2.24) is 14.7 Å². The molecule has 21 nitrogen and oxygen atoms in total. The molecule has 0 aliphatic heterocycles. The highest BCUT2D eigenvalue weighted by atomic mass is 19.4. The van der Waals surface area contributed by atoms with Crippen LogP contribution in [0.3, 0.4) is 0 Å². The summed E-state index contributed by atoms with van der Waals surface area (Å²) in [4.78, 5) is 74.0. The van der Waals surface area contributed by atoms with Gasteiger partial charge in [-0.15, -0.1) is 13.2 Å². The molecule has 0 fully saturated rings. The molecule has 6 aromatic carbocycles. The monoisotopic (exact) mass is 1440 g/mol. The highest BCUT2D eigenvalue weighted by Gasteiger charge is 2.31. The van der Waals surface area contributed by atoms with E-state index in [0.29, 0.717) is 99.6 Å². The molecular weight excluding hydrogens is 1340 g/mol. The lowest BCUT2D eigenvalue weighted by Gasteiger charge is -2.21. The average molecular weight is 1440 g/mol. The van der Waals surface area contributed by atoms with Gasteiger partial charge in [-0.1, -0.05) is 91.0 Å². The molecule has 3 N–H and O–H groups in total. The molecule has 3 atom stereocenters. The number of benzene rings is 6. The van der Waals surface area contributed by atoms with Crippen LogP contribution in [-0.2, 0) is 81.5 Å². The van der Waals surface area contributed by atoms with E-state index in [9.17, 15) is 55.1 Å². The Hall–Kier alpha value is -9.60. The Morgan fingerprint density at radius 3 is 1.03 bits per heavy atom. The molecular formula is C75H93F6N3O18. The van der Waals surface area contributed by atoms with Gasteiger partial charge in [-0.05, 0) is 169 Å². The lowest BCUT2D eigenvalue weighted by molar-refractivity contribution is -0.274. The Balaban J connectivity index is 0.000000324. The maximum Gasteiger partial charge on any atom is 0.573 e. The molecule has 0 saturated heterocycles. The van der Waals surface area contributed by atoms with Crippen LogP contribution in [0.15, 0.2) is 146 Å². The fourth-order valence-corrected chi connectivity index (χ4v) is 9.66. The molecule has 558 valence electrons. The van der Waals surface area contributed by atoms with Gasteiger partial charge in [-0.3, -0.25) is 28.8 Å². The van der Waals surface area contributed by atoms with E-state index in [0.717, 1.165) is 34.2 Å². The van der Waals surface area contributed by atoms with Crippen molar-refractivity contribution in [1.29, 1.82) is 0 Å². The lowest BCUT2D eigenvalue weighted by Crippen LogP contribution is -2.29. The zero-order valence-corrected chi connectivity index (χ0v) is 58.3. The minimum atomic E-state index is -4.75. The summed E-state index contributed by atoms with van der Waals surface area (Å²) in [7, 11) is 11.4. The Labute approximate surface area is 591 Å². The summed E-state index contributed by atoms with van der Waals surface area (Å²) in [5.41, 5.74) is 5.32. The van der Waals surface area contributed by atoms with Crippen LogP contribution >= 0.6 is 0 Å². The van der Waals surface area contributed by atoms with Crippen LogP contribution in [0.4, 0.5) is 26.3 Å². The standard InChI is InChI=1S/C25H30F3NO6.C25H31F2NO6.C25H32FNO6/c1-29(2)15-14-21(34-24(32)13-12-23(30)31)17-33-22-9-4-3-7-19(22)11-10-18-6-5-8-20(16-18)35-25(26,27)28;1-28(2)15-14-21(33-24(31)13-12-23(29)30)17-32-22-9-4-3-7-19(22)11-10-18-6-5-8-20(16-18)34-25(26)27;1-27(2)15-14-22(33-25(30)13-12-24(28)29)17-31-23-9-4-3-7-20(23)11-10-19-6-5-8-21(16-19)32-18-26/h3-9,16,21H,10-15,17H2,1-2H3,(H,30,31);3-9,16,21,25H,10-15,17H2,1-2H3,(H,29,30);3-9,16,22H,10-15,17-18H2,1-2H3,(H,28,29). The smallest absolute Gasteiger partial charge is 0.489 e. The number of esters is 3. The minimum absolute atomic E-state index is 0.0819. The number of ether oxygens (including phenoxy) is 9. The Kier molecular flexibility index (Phi) is 38.9. The second-order valence-electron chi connectivity index (χ2n) is 24.2. The van der Waals surface area contributed by atoms with Crippen LogP contribution in [0.25, 0.3) is 0 Å². The van der Waals surface area contributed by atoms with Crippen LogP contribution in [0.2, 0.25) is 0 Å². The van der Waals surface area contributed by atoms with Gasteiger partial charge in [-0.2, -0.15) is 8.78 Å². The van der Waals surface area contributed by atoms with Gasteiger partial charge in [0.15, 0.2) is 0 Å². The van der Waals surface area contributed by atoms with Crippen LogP contribution in [0.5, 0.6) is 34.5 Å². The molecule has 27 heteroatoms. The molecule has 0 aliphatic carbocycles. The summed E-state index contributed by atoms with van der Waals surface area (Å²) >= 11 is 0. The van der Waals surface area contributed by atoms with Gasteiger partial charge in [0.05, 0.1) is 38.5 Å². The normalized spacial score (nSPS) is 12.0. The van der Waals surface area contributed by atoms with E-state index in [2.05, 4.69) is 9.47 Å². The molecule has 0 bridgehead atoms. The van der Waals surface area contributed by atoms with Crippen molar-refractivity contribution in [2.45, 2.75) is 128 Å². The van der Waals surface area contributed by atoms with Gasteiger partial charge < -0.3 is 72.7 Å². The number of carboxylic acid groups (broad SMARTS) is 3. The molecule has 6 rings (SSSR count). The first-order chi connectivity index (χ1) is 48.6. The van der Waals surface area contributed by atoms with Crippen molar-refractivity contribution in [2.75, 3.05) is 88.6 Å². The largest absolute Gasteiger partial charge is 0.573 e. The first-order valence-corrected chi connectivity index (χ1v) is 33.1. The van der Waals surface area contributed by atoms with E-state index in [1.807, 2.05) is 142 Å². The number of aryl methyl sites for hydroxylation is 6. The third kappa shape index (κ3) is 38.3. The van der Waals surface area contributed by atoms with E-state index in [4.69, 9.17) is 48.5 Å². The Morgan fingerprint density at radius 2 is 0.716 bits per heavy atom. The molecule has 0 spiro atoms. The van der Waals surface area contributed by atoms with Crippen LogP contribution in [0, 0.1) is 0 Å². The van der Waals surface area contributed by atoms with Crippen LogP contribution < -0.4 is 28.4 Å². The summed E-state index contributed by atoms with van der Waals surface area (Å²) < 4.78 is 123. The molecule has 102 heavy (non-hydrogen) atoms. The highest BCUT2D eigenvalue weighted by Crippen LogP contribution is 2.28. The third-order valence-corrected chi connectivity index (χ3v) is 14.8. The summed E-state index contributed by atoms with van der Waals surface area (Å²) in [5.74, 6) is -2.65. The molecule has 0 radical (unpaired) electrons. The zero-order valence-electron chi connectivity index (χ0n) is 58.3. The fraction of sp³-hybridized carbons (Fsp3) is 0.440. The van der Waals surface area contributed by atoms with E-state index >= 15 is 0 Å². The maximum atomic E-state index is 12.5. The number of alkyl halides is 6. The SMILES string of the molecule is CN(C)CCC(COc1ccccc1CCc1cccc(OC(F)(F)F)c1)OC(=O)CCC(=O)O.CN(C)CCC(COc1ccccc1CCc1cccc(OC(F)F)c1)OC(=O)CCC(=O)O.CN(C)CCC(COc1ccccc1CCc1cccc(OCF)c1)OC(=O)CCC(=O)O. The first-order valence-electron chi connectivity index (χ1n) is 33.1. The van der Waals surface area contributed by atoms with Gasteiger partial charge >= 0.3 is 48.8 Å². The molecule has 0 amide bonds. The number of para-hydroxylation sites is 3. The summed E-state index contributed by atoms with van der Waals surface area (Å²) in [6.07, 6.45) is -2.59. The number of hydrogen-bond donors (Lipinski definition) is 3. The first kappa shape index (κ1) is 84.8. The third-order valence-electron chi connectivity index (χ3n) is 14.8. The van der Waals surface area contributed by atoms with Crippen molar-refractivity contribution < 1.29 is 113 Å². The molecule has 3 unspecified atom stereocenters. The minimum Gasteiger partial charge on any atom is -0.489 e. The molecule has 0 aliphatic rings. The second-order valence-corrected chi connectivity index (χ2v) is 24.2. The van der Waals surface area contributed by atoms with Gasteiger partial charge in [0.1, 0.15) is 72.6 Å². The van der Waals surface area contributed by atoms with Gasteiger partial charge in [0.25, 0.3) is 0 Å². The number of nitrogens with zero attached hydrogens (tertiary/aromatic N) is 3. The second kappa shape index (κ2) is 46.8. The quantitative estimate of drug-likeness (QED) is 0.0182. The number of carboxylic acids is 3. The fourth-order valence-electron chi connectivity index (χ4n) is 9.66. The summed E-state index contributed by atoms with van der Waals surface area (Å²) in [6.45, 7) is -1.36. The van der Waals surface area contributed by atoms with Crippen molar-refractivity contribution in [2.24, 2.45) is 0 Å². The predicted octanol–water partition coefficient (Wildman–Crippen LogP) is 12.5. The summed E-state index contributed by atoms with van der Waals surface area (Å²) in [6, 6.07) is 42.1. The molecule has 0 heterocycles. The zero-order chi connectivity index (χ0) is 74.8. The molecule has 6 aromatic rings. The Morgan fingerprint density at radius 1 is 0.402 bits per heavy atom. The van der Waals surface area contributed by atoms with Crippen molar-refractivity contribution in [3.05, 3.63) is 179 Å². The van der Waals surface area contributed by atoms with Gasteiger partial charge in [0.2, 0.25) is 6.86 Å². The molecule has 0 saturated carbocycles. The summed E-state index contributed by atoms with van der Waals surface area (Å²) in [5, 5.41) is 26.3. The lowest BCUT2D eigenvalue weighted by atomic mass is 10.0. The van der Waals surface area contributed by atoms with E-state index in [-0.39, 0.29) is 69.8 Å². The van der Waals surface area contributed by atoms with E-state index in [1.54, 1.807) is 36.4 Å². The number of aliphatic carboxylic acids is 3. The predicted molar refractivity (Wildman–Crippen MR) is 367 cm³/mol. The Bertz CT molecular complexity index is 3490. The van der Waals surface area contributed by atoms with Crippen LogP contribution in [-0.4, -0.2) is 186 Å². The maximum absolute atomic E-state index is 12.5. The van der Waals surface area contributed by atoms with E-state index in [1.165, 1.54) is 24.3 Å². The van der Waals surface area contributed by atoms with Crippen LogP contribution in [0.1, 0.15) is 91.2 Å². The van der Waals surface area contributed by atoms with Crippen molar-refractivity contribution in [3.63, 3.8) is 0 Å². The number of carbonyl (C=O) groups excluding carboxylic acids is 3. The van der Waals surface area contributed by atoms with Gasteiger partial charge in [0, 0.05) is 38.9 Å². The number of rotatable bonds is 44. The number of halogens is 6. The molecule has 0 aromatic heterocycles. The van der Waals surface area contributed by atoms with Gasteiger partial charge in [-0.25, -0.2) is 4.39 Å². The number of carbonyl (C=O) groups is 6.